The number of aromatic amines is 1. The zero-order valence-corrected chi connectivity index (χ0v) is 18.0. The molecule has 2 saturated carbocycles. The number of aromatic nitrogens is 1. The van der Waals surface area contributed by atoms with E-state index >= 15 is 4.39 Å². The second-order valence-corrected chi connectivity index (χ2v) is 8.87. The van der Waals surface area contributed by atoms with Crippen LogP contribution in [0.3, 0.4) is 0 Å². The summed E-state index contributed by atoms with van der Waals surface area (Å²) in [6, 6.07) is 1.52. The van der Waals surface area contributed by atoms with Crippen LogP contribution in [-0.2, 0) is 4.79 Å². The van der Waals surface area contributed by atoms with Crippen molar-refractivity contribution in [2.24, 2.45) is 0 Å². The average Bonchev–Trinajstić information content (AvgIpc) is 3.29. The Bertz CT molecular complexity index is 1010. The van der Waals surface area contributed by atoms with E-state index in [1.807, 2.05) is 0 Å². The normalized spacial score (nSPS) is 18.9. The van der Waals surface area contributed by atoms with Gasteiger partial charge < -0.3 is 20.1 Å². The topological polar surface area (TPSA) is 91.4 Å². The van der Waals surface area contributed by atoms with E-state index in [-0.39, 0.29) is 29.5 Å². The Morgan fingerprint density at radius 1 is 1.23 bits per heavy atom. The van der Waals surface area contributed by atoms with Crippen molar-refractivity contribution in [2.75, 3.05) is 5.32 Å². The van der Waals surface area contributed by atoms with Crippen LogP contribution in [0.4, 0.5) is 10.1 Å². The van der Waals surface area contributed by atoms with Crippen LogP contribution in [0.25, 0.3) is 10.9 Å². The molecule has 1 heterocycles. The van der Waals surface area contributed by atoms with Crippen molar-refractivity contribution in [2.45, 2.75) is 89.2 Å². The first kappa shape index (κ1) is 21.7. The molecule has 2 fully saturated rings. The van der Waals surface area contributed by atoms with E-state index in [2.05, 4.69) is 10.3 Å². The molecule has 0 spiro atoms. The van der Waals surface area contributed by atoms with Gasteiger partial charge in [-0.05, 0) is 44.1 Å². The van der Waals surface area contributed by atoms with Gasteiger partial charge in [-0.15, -0.1) is 0 Å². The van der Waals surface area contributed by atoms with Crippen LogP contribution in [0.1, 0.15) is 82.6 Å². The fourth-order valence-corrected chi connectivity index (χ4v) is 5.11. The number of benzene rings is 1. The largest absolute Gasteiger partial charge is 0.479 e. The third-order valence-electron chi connectivity index (χ3n) is 6.77. The standard InChI is InChI=1S/C24H31FN2O4/c1-2-18(24(29)30)31-19-13-26-21-16(23(19)28)12-17(25)22(20(21)14-8-6-7-9-14)27-15-10-4-3-5-11-15/h12-15,18,27H,2-11H2,1H3,(H,26,28)(H,29,30)/t18-/m0/s1. The number of nitrogens with one attached hydrogen (secondary N) is 2. The molecule has 1 atom stereocenters. The summed E-state index contributed by atoms with van der Waals surface area (Å²) in [4.78, 5) is 27.6. The summed E-state index contributed by atoms with van der Waals surface area (Å²) in [5.74, 6) is -1.46. The highest BCUT2D eigenvalue weighted by Gasteiger charge is 2.28. The van der Waals surface area contributed by atoms with E-state index in [9.17, 15) is 14.7 Å². The first-order valence-electron chi connectivity index (χ1n) is 11.5. The maximum atomic E-state index is 15.4. The minimum absolute atomic E-state index is 0.0912. The lowest BCUT2D eigenvalue weighted by Gasteiger charge is -2.27. The number of halogens is 1. The average molecular weight is 431 g/mol. The number of anilines is 1. The summed E-state index contributed by atoms with van der Waals surface area (Å²) in [6.07, 6.45) is 10.2. The van der Waals surface area contributed by atoms with Gasteiger partial charge in [-0.2, -0.15) is 0 Å². The molecule has 1 aromatic carbocycles. The highest BCUT2D eigenvalue weighted by Crippen LogP contribution is 2.42. The molecule has 0 aliphatic heterocycles. The van der Waals surface area contributed by atoms with Crippen molar-refractivity contribution in [1.29, 1.82) is 0 Å². The van der Waals surface area contributed by atoms with E-state index in [1.54, 1.807) is 6.92 Å². The number of hydrogen-bond donors (Lipinski definition) is 3. The van der Waals surface area contributed by atoms with Gasteiger partial charge in [-0.25, -0.2) is 9.18 Å². The number of rotatable bonds is 7. The molecule has 2 aliphatic rings. The van der Waals surface area contributed by atoms with Crippen LogP contribution in [0.5, 0.6) is 5.75 Å². The van der Waals surface area contributed by atoms with Crippen LogP contribution >= 0.6 is 0 Å². The molecule has 4 rings (SSSR count). The first-order valence-corrected chi connectivity index (χ1v) is 11.5. The number of H-pyrrole nitrogens is 1. The summed E-state index contributed by atoms with van der Waals surface area (Å²) in [5.41, 5.74) is 1.53. The van der Waals surface area contributed by atoms with Gasteiger partial charge in [0.05, 0.1) is 16.6 Å². The molecule has 6 nitrogen and oxygen atoms in total. The van der Waals surface area contributed by atoms with E-state index in [0.717, 1.165) is 56.9 Å². The lowest BCUT2D eigenvalue weighted by molar-refractivity contribution is -0.145. The number of carboxylic acid groups (broad SMARTS) is 1. The maximum absolute atomic E-state index is 15.4. The van der Waals surface area contributed by atoms with Gasteiger partial charge in [0.25, 0.3) is 0 Å². The predicted molar refractivity (Wildman–Crippen MR) is 119 cm³/mol. The summed E-state index contributed by atoms with van der Waals surface area (Å²) < 4.78 is 20.8. The smallest absolute Gasteiger partial charge is 0.344 e. The first-order chi connectivity index (χ1) is 15.0. The Balaban J connectivity index is 1.80. The number of carbonyl (C=O) groups is 1. The molecule has 2 aromatic rings. The van der Waals surface area contributed by atoms with Crippen LogP contribution in [0.2, 0.25) is 0 Å². The number of carboxylic acids is 1. The molecule has 31 heavy (non-hydrogen) atoms. The van der Waals surface area contributed by atoms with E-state index in [0.29, 0.717) is 11.2 Å². The van der Waals surface area contributed by atoms with Crippen LogP contribution in [-0.4, -0.2) is 28.2 Å². The van der Waals surface area contributed by atoms with Crippen molar-refractivity contribution in [3.63, 3.8) is 0 Å². The van der Waals surface area contributed by atoms with Crippen molar-refractivity contribution in [1.82, 2.24) is 4.98 Å². The molecular weight excluding hydrogens is 399 g/mol. The summed E-state index contributed by atoms with van der Waals surface area (Å²) in [5, 5.41) is 12.9. The van der Waals surface area contributed by atoms with Crippen LogP contribution < -0.4 is 15.5 Å². The van der Waals surface area contributed by atoms with Gasteiger partial charge in [0, 0.05) is 17.8 Å². The van der Waals surface area contributed by atoms with Gasteiger partial charge in [-0.1, -0.05) is 39.0 Å². The van der Waals surface area contributed by atoms with E-state index in [1.165, 1.54) is 18.7 Å². The molecule has 168 valence electrons. The SMILES string of the molecule is CC[C@H](Oc1c[nH]c2c(C3CCCC3)c(NC3CCCCC3)c(F)cc2c1=O)C(=O)O. The Morgan fingerprint density at radius 3 is 2.55 bits per heavy atom. The monoisotopic (exact) mass is 430 g/mol. The molecule has 3 N–H and O–H groups in total. The Hall–Kier alpha value is -2.57. The van der Waals surface area contributed by atoms with Gasteiger partial charge in [0.15, 0.2) is 11.9 Å². The summed E-state index contributed by atoms with van der Waals surface area (Å²) >= 11 is 0. The number of hydrogen-bond acceptors (Lipinski definition) is 4. The zero-order valence-electron chi connectivity index (χ0n) is 18.0. The van der Waals surface area contributed by atoms with E-state index in [4.69, 9.17) is 4.74 Å². The lowest BCUT2D eigenvalue weighted by Crippen LogP contribution is -2.28. The third kappa shape index (κ3) is 4.41. The lowest BCUT2D eigenvalue weighted by atomic mass is 9.90. The molecule has 2 aliphatic carbocycles. The predicted octanol–water partition coefficient (Wildman–Crippen LogP) is 5.31. The quantitative estimate of drug-likeness (QED) is 0.554. The van der Waals surface area contributed by atoms with E-state index < -0.39 is 23.3 Å². The highest BCUT2D eigenvalue weighted by molar-refractivity contribution is 5.88. The Kier molecular flexibility index (Phi) is 6.49. The van der Waals surface area contributed by atoms with Crippen molar-refractivity contribution in [3.05, 3.63) is 33.9 Å². The summed E-state index contributed by atoms with van der Waals surface area (Å²) in [6.45, 7) is 1.68. The van der Waals surface area contributed by atoms with Crippen molar-refractivity contribution < 1.29 is 19.0 Å². The van der Waals surface area contributed by atoms with Crippen molar-refractivity contribution >= 4 is 22.6 Å². The zero-order chi connectivity index (χ0) is 22.0. The van der Waals surface area contributed by atoms with Gasteiger partial charge in [0.2, 0.25) is 5.43 Å². The van der Waals surface area contributed by atoms with Gasteiger partial charge >= 0.3 is 5.97 Å². The number of ether oxygens (including phenoxy) is 1. The molecule has 0 saturated heterocycles. The van der Waals surface area contributed by atoms with Crippen LogP contribution in [0.15, 0.2) is 17.1 Å². The van der Waals surface area contributed by atoms with Gasteiger partial charge in [-0.3, -0.25) is 4.79 Å². The molecule has 0 unspecified atom stereocenters. The second-order valence-electron chi connectivity index (χ2n) is 8.87. The van der Waals surface area contributed by atoms with Gasteiger partial charge in [0.1, 0.15) is 5.82 Å². The highest BCUT2D eigenvalue weighted by atomic mass is 19.1. The fourth-order valence-electron chi connectivity index (χ4n) is 5.11. The molecule has 0 radical (unpaired) electrons. The fraction of sp³-hybridized carbons (Fsp3) is 0.583. The number of aliphatic carboxylic acids is 1. The second kappa shape index (κ2) is 9.28. The minimum atomic E-state index is -1.13. The molecule has 0 amide bonds. The van der Waals surface area contributed by atoms with Crippen LogP contribution in [0, 0.1) is 5.82 Å². The third-order valence-corrected chi connectivity index (χ3v) is 6.77. The molecular formula is C24H31FN2O4. The number of pyridine rings is 1. The molecule has 7 heteroatoms. The molecule has 0 bridgehead atoms. The number of fused-ring (bicyclic) bond motifs is 1. The Labute approximate surface area is 181 Å². The van der Waals surface area contributed by atoms with Crippen molar-refractivity contribution in [3.8, 4) is 5.75 Å². The summed E-state index contributed by atoms with van der Waals surface area (Å²) in [7, 11) is 0. The molecule has 1 aromatic heterocycles. The maximum Gasteiger partial charge on any atom is 0.344 e. The minimum Gasteiger partial charge on any atom is -0.479 e. The Morgan fingerprint density at radius 2 is 1.90 bits per heavy atom.